The van der Waals surface area contributed by atoms with E-state index in [1.807, 2.05) is 36.7 Å². The predicted octanol–water partition coefficient (Wildman–Crippen LogP) is 8.26. The van der Waals surface area contributed by atoms with E-state index in [0.717, 1.165) is 39.6 Å². The number of fused-ring (bicyclic) bond motifs is 6. The zero-order valence-electron chi connectivity index (χ0n) is 21.1. The fraction of sp³-hybridized carbons (Fsp3) is 0.0286. The maximum atomic E-state index is 4.70. The lowest BCUT2D eigenvalue weighted by Crippen LogP contribution is -2.45. The average Bonchev–Trinajstić information content (AvgIpc) is 3.51. The number of nitrogens with zero attached hydrogens (tertiary/aromatic N) is 3. The van der Waals surface area contributed by atoms with Crippen molar-refractivity contribution in [1.82, 2.24) is 9.97 Å². The first-order valence-electron chi connectivity index (χ1n) is 13.2. The van der Waals surface area contributed by atoms with Crippen molar-refractivity contribution < 1.29 is 0 Å². The van der Waals surface area contributed by atoms with Gasteiger partial charge in [0.15, 0.2) is 5.66 Å². The van der Waals surface area contributed by atoms with Gasteiger partial charge in [-0.3, -0.25) is 9.97 Å². The molecule has 8 rings (SSSR count). The summed E-state index contributed by atoms with van der Waals surface area (Å²) < 4.78 is 0. The van der Waals surface area contributed by atoms with Gasteiger partial charge in [0.05, 0.1) is 22.8 Å². The third kappa shape index (κ3) is 3.18. The van der Waals surface area contributed by atoms with E-state index in [2.05, 4.69) is 113 Å². The molecule has 0 saturated carbocycles. The molecule has 0 saturated heterocycles. The van der Waals surface area contributed by atoms with Gasteiger partial charge in [0.2, 0.25) is 0 Å². The van der Waals surface area contributed by atoms with E-state index in [9.17, 15) is 0 Å². The lowest BCUT2D eigenvalue weighted by Gasteiger charge is -2.39. The second kappa shape index (κ2) is 8.40. The molecule has 0 fully saturated rings. The minimum Gasteiger partial charge on any atom is -0.353 e. The molecular weight excluding hydrogens is 476 g/mol. The Labute approximate surface area is 227 Å². The second-order valence-corrected chi connectivity index (χ2v) is 9.98. The van der Waals surface area contributed by atoms with Gasteiger partial charge in [0.1, 0.15) is 0 Å². The largest absolute Gasteiger partial charge is 0.353 e. The van der Waals surface area contributed by atoms with Crippen LogP contribution in [0.15, 0.2) is 140 Å². The summed E-state index contributed by atoms with van der Waals surface area (Å²) in [5.74, 6) is 0. The Morgan fingerprint density at radius 2 is 1.08 bits per heavy atom. The van der Waals surface area contributed by atoms with Gasteiger partial charge in [-0.15, -0.1) is 0 Å². The van der Waals surface area contributed by atoms with Crippen LogP contribution in [-0.4, -0.2) is 9.97 Å². The average molecular weight is 501 g/mol. The van der Waals surface area contributed by atoms with E-state index in [4.69, 9.17) is 9.97 Å². The zero-order chi connectivity index (χ0) is 25.8. The van der Waals surface area contributed by atoms with Crippen molar-refractivity contribution >= 4 is 17.1 Å². The van der Waals surface area contributed by atoms with Crippen molar-refractivity contribution in [2.24, 2.45) is 0 Å². The summed E-state index contributed by atoms with van der Waals surface area (Å²) in [6.45, 7) is 0. The van der Waals surface area contributed by atoms with Crippen molar-refractivity contribution in [3.63, 3.8) is 0 Å². The zero-order valence-corrected chi connectivity index (χ0v) is 21.1. The van der Waals surface area contributed by atoms with Crippen molar-refractivity contribution in [3.8, 4) is 33.6 Å². The summed E-state index contributed by atoms with van der Waals surface area (Å²) in [6.07, 6.45) is 3.69. The number of hydrogen-bond acceptors (Lipinski definition) is 4. The first kappa shape index (κ1) is 21.8. The van der Waals surface area contributed by atoms with Gasteiger partial charge in [0, 0.05) is 40.3 Å². The lowest BCUT2D eigenvalue weighted by molar-refractivity contribution is 0.642. The van der Waals surface area contributed by atoms with Gasteiger partial charge in [-0.2, -0.15) is 0 Å². The number of pyridine rings is 2. The van der Waals surface area contributed by atoms with Crippen LogP contribution in [0.5, 0.6) is 0 Å². The van der Waals surface area contributed by atoms with Crippen LogP contribution in [0.2, 0.25) is 0 Å². The Morgan fingerprint density at radius 3 is 1.67 bits per heavy atom. The number of anilines is 3. The molecule has 0 bridgehead atoms. The standard InChI is InChI=1S/C35H24N4/c1-3-13-29-27(11-1)28-12-2-4-14-30(28)35(29)38-33-17-5-6-18-34(33)39(35)26-22-24(31-15-7-9-19-36-31)21-25(23-26)32-16-8-10-20-37-32/h1-23,38H. The maximum absolute atomic E-state index is 4.70. The Balaban J connectivity index is 1.45. The summed E-state index contributed by atoms with van der Waals surface area (Å²) in [6, 6.07) is 44.9. The molecule has 4 nitrogen and oxygen atoms in total. The van der Waals surface area contributed by atoms with E-state index in [1.54, 1.807) is 0 Å². The number of nitrogens with one attached hydrogen (secondary N) is 1. The van der Waals surface area contributed by atoms with Crippen LogP contribution in [-0.2, 0) is 5.66 Å². The van der Waals surface area contributed by atoms with Crippen LogP contribution in [0.25, 0.3) is 33.6 Å². The Bertz CT molecular complexity index is 1740. The highest BCUT2D eigenvalue weighted by Crippen LogP contribution is 2.59. The highest BCUT2D eigenvalue weighted by Gasteiger charge is 2.52. The Hall–Kier alpha value is -5.22. The smallest absolute Gasteiger partial charge is 0.169 e. The molecule has 4 heteroatoms. The summed E-state index contributed by atoms with van der Waals surface area (Å²) in [4.78, 5) is 11.9. The topological polar surface area (TPSA) is 41.1 Å². The molecule has 1 spiro atoms. The number of hydrogen-bond donors (Lipinski definition) is 1. The highest BCUT2D eigenvalue weighted by atomic mass is 15.4. The normalized spacial score (nSPS) is 14.0. The van der Waals surface area contributed by atoms with Crippen LogP contribution < -0.4 is 10.2 Å². The quantitative estimate of drug-likeness (QED) is 0.266. The molecule has 0 atom stereocenters. The van der Waals surface area contributed by atoms with Gasteiger partial charge >= 0.3 is 0 Å². The highest BCUT2D eigenvalue weighted by molar-refractivity contribution is 5.95. The summed E-state index contributed by atoms with van der Waals surface area (Å²) in [5.41, 5.74) is 11.7. The van der Waals surface area contributed by atoms with E-state index in [0.29, 0.717) is 0 Å². The number of benzene rings is 4. The molecular formula is C35H24N4. The Morgan fingerprint density at radius 1 is 0.538 bits per heavy atom. The van der Waals surface area contributed by atoms with E-state index < -0.39 is 5.66 Å². The van der Waals surface area contributed by atoms with Gasteiger partial charge in [-0.1, -0.05) is 72.8 Å². The van der Waals surface area contributed by atoms with Gasteiger partial charge in [-0.05, 0) is 65.7 Å². The Kier molecular flexibility index (Phi) is 4.70. The summed E-state index contributed by atoms with van der Waals surface area (Å²) >= 11 is 0. The van der Waals surface area contributed by atoms with Crippen molar-refractivity contribution in [2.45, 2.75) is 5.66 Å². The van der Waals surface area contributed by atoms with Crippen LogP contribution in [0, 0.1) is 0 Å². The third-order valence-electron chi connectivity index (χ3n) is 7.82. The van der Waals surface area contributed by atoms with Crippen molar-refractivity contribution in [3.05, 3.63) is 151 Å². The first-order valence-corrected chi connectivity index (χ1v) is 13.2. The van der Waals surface area contributed by atoms with Crippen LogP contribution >= 0.6 is 0 Å². The number of para-hydroxylation sites is 2. The molecule has 2 aliphatic rings. The lowest BCUT2D eigenvalue weighted by atomic mass is 9.94. The molecule has 4 aromatic carbocycles. The second-order valence-electron chi connectivity index (χ2n) is 9.98. The molecule has 1 N–H and O–H groups in total. The molecule has 39 heavy (non-hydrogen) atoms. The van der Waals surface area contributed by atoms with Crippen LogP contribution in [0.1, 0.15) is 11.1 Å². The predicted molar refractivity (Wildman–Crippen MR) is 158 cm³/mol. The molecule has 2 aromatic heterocycles. The molecule has 3 heterocycles. The van der Waals surface area contributed by atoms with E-state index >= 15 is 0 Å². The summed E-state index contributed by atoms with van der Waals surface area (Å²) in [7, 11) is 0. The van der Waals surface area contributed by atoms with E-state index in [-0.39, 0.29) is 0 Å². The fourth-order valence-corrected chi connectivity index (χ4v) is 6.23. The number of rotatable bonds is 3. The molecule has 0 radical (unpaired) electrons. The monoisotopic (exact) mass is 500 g/mol. The third-order valence-corrected chi connectivity index (χ3v) is 7.82. The van der Waals surface area contributed by atoms with Gasteiger partial charge in [-0.25, -0.2) is 0 Å². The first-order chi connectivity index (χ1) is 19.3. The van der Waals surface area contributed by atoms with Gasteiger partial charge < -0.3 is 10.2 Å². The SMILES string of the molecule is c1ccc(-c2cc(-c3ccccn3)cc(N3c4ccccc4NC34c3ccccc3-c3ccccc34)c2)nc1. The van der Waals surface area contributed by atoms with Crippen LogP contribution in [0.3, 0.4) is 0 Å². The molecule has 0 amide bonds. The van der Waals surface area contributed by atoms with Crippen molar-refractivity contribution in [2.75, 3.05) is 10.2 Å². The number of aromatic nitrogens is 2. The van der Waals surface area contributed by atoms with Gasteiger partial charge in [0.25, 0.3) is 0 Å². The molecule has 1 aliphatic carbocycles. The molecule has 6 aromatic rings. The molecule has 184 valence electrons. The maximum Gasteiger partial charge on any atom is 0.169 e. The minimum absolute atomic E-state index is 0.596. The molecule has 0 unspecified atom stereocenters. The van der Waals surface area contributed by atoms with Crippen LogP contribution in [0.4, 0.5) is 17.1 Å². The van der Waals surface area contributed by atoms with Crippen molar-refractivity contribution in [1.29, 1.82) is 0 Å². The van der Waals surface area contributed by atoms with E-state index in [1.165, 1.54) is 22.3 Å². The summed E-state index contributed by atoms with van der Waals surface area (Å²) in [5, 5.41) is 3.98. The fourth-order valence-electron chi connectivity index (χ4n) is 6.23. The molecule has 1 aliphatic heterocycles. The minimum atomic E-state index is -0.596.